The lowest BCUT2D eigenvalue weighted by atomic mass is 10.3. The molecule has 1 aromatic heterocycles. The molecule has 0 fully saturated rings. The molecule has 0 bridgehead atoms. The van der Waals surface area contributed by atoms with Gasteiger partial charge in [0.25, 0.3) is 5.91 Å². The first-order chi connectivity index (χ1) is 10.6. The van der Waals surface area contributed by atoms with Gasteiger partial charge in [-0.05, 0) is 18.2 Å². The van der Waals surface area contributed by atoms with E-state index >= 15 is 0 Å². The Kier molecular flexibility index (Phi) is 5.45. The van der Waals surface area contributed by atoms with Gasteiger partial charge in [-0.25, -0.2) is 5.43 Å². The van der Waals surface area contributed by atoms with Gasteiger partial charge in [0.2, 0.25) is 0 Å². The number of anilines is 1. The summed E-state index contributed by atoms with van der Waals surface area (Å²) in [7, 11) is 0. The highest BCUT2D eigenvalue weighted by atomic mass is 35.5. The molecule has 2 rings (SSSR count). The average molecular weight is 339 g/mol. The van der Waals surface area contributed by atoms with Crippen LogP contribution in [0.1, 0.15) is 4.88 Å². The minimum Gasteiger partial charge on any atom is -0.375 e. The maximum Gasteiger partial charge on any atom is 0.324 e. The molecule has 0 spiro atoms. The van der Waals surface area contributed by atoms with Gasteiger partial charge in [0.05, 0.1) is 33.3 Å². The number of carbonyl (C=O) groups excluding carboxylic acids is 1. The summed E-state index contributed by atoms with van der Waals surface area (Å²) in [6.45, 7) is 0.00562. The van der Waals surface area contributed by atoms with Crippen molar-refractivity contribution in [3.8, 4) is 0 Å². The molecule has 2 aromatic rings. The fourth-order valence-electron chi connectivity index (χ4n) is 1.50. The number of amides is 1. The summed E-state index contributed by atoms with van der Waals surface area (Å²) in [4.78, 5) is 22.2. The Balaban J connectivity index is 1.81. The largest absolute Gasteiger partial charge is 0.375 e. The first-order valence-electron chi connectivity index (χ1n) is 6.11. The molecular weight excluding hydrogens is 328 g/mol. The molecule has 0 saturated heterocycles. The van der Waals surface area contributed by atoms with Crippen LogP contribution in [0.2, 0.25) is 5.02 Å². The quantitative estimate of drug-likeness (QED) is 0.481. The number of hydrogen-bond donors (Lipinski definition) is 2. The Morgan fingerprint density at radius 3 is 2.82 bits per heavy atom. The van der Waals surface area contributed by atoms with Crippen molar-refractivity contribution in [1.29, 1.82) is 0 Å². The molecule has 9 heteroatoms. The van der Waals surface area contributed by atoms with Crippen LogP contribution < -0.4 is 10.7 Å². The number of para-hydroxylation sites is 1. The van der Waals surface area contributed by atoms with Gasteiger partial charge in [-0.1, -0.05) is 35.1 Å². The summed E-state index contributed by atoms with van der Waals surface area (Å²) >= 11 is 6.91. The van der Waals surface area contributed by atoms with Crippen molar-refractivity contribution in [2.45, 2.75) is 0 Å². The lowest BCUT2D eigenvalue weighted by Gasteiger charge is -2.06. The fourth-order valence-corrected chi connectivity index (χ4v) is 2.39. The van der Waals surface area contributed by atoms with E-state index in [0.717, 1.165) is 11.3 Å². The third kappa shape index (κ3) is 4.54. The van der Waals surface area contributed by atoms with Gasteiger partial charge in [0, 0.05) is 6.07 Å². The normalized spacial score (nSPS) is 10.6. The SMILES string of the molecule is O=C(CNc1ccccc1Cl)N/N=C\c1ccc([N+](=O)[O-])s1. The van der Waals surface area contributed by atoms with Crippen LogP contribution in [0.4, 0.5) is 10.7 Å². The summed E-state index contributed by atoms with van der Waals surface area (Å²) in [5.41, 5.74) is 2.97. The minimum atomic E-state index is -0.478. The van der Waals surface area contributed by atoms with E-state index in [1.54, 1.807) is 30.3 Å². The summed E-state index contributed by atoms with van der Waals surface area (Å²) < 4.78 is 0. The second kappa shape index (κ2) is 7.53. The highest BCUT2D eigenvalue weighted by Crippen LogP contribution is 2.22. The van der Waals surface area contributed by atoms with E-state index in [1.807, 2.05) is 0 Å². The number of nitrogens with zero attached hydrogens (tertiary/aromatic N) is 2. The summed E-state index contributed by atoms with van der Waals surface area (Å²) in [5, 5.41) is 17.7. The Morgan fingerprint density at radius 1 is 1.36 bits per heavy atom. The molecule has 0 aliphatic rings. The molecule has 0 radical (unpaired) electrons. The minimum absolute atomic E-state index is 0.00562. The third-order valence-corrected chi connectivity index (χ3v) is 3.79. The zero-order chi connectivity index (χ0) is 15.9. The monoisotopic (exact) mass is 338 g/mol. The van der Waals surface area contributed by atoms with Crippen LogP contribution in [0.25, 0.3) is 0 Å². The highest BCUT2D eigenvalue weighted by Gasteiger charge is 2.08. The highest BCUT2D eigenvalue weighted by molar-refractivity contribution is 7.16. The van der Waals surface area contributed by atoms with Crippen molar-refractivity contribution in [3.63, 3.8) is 0 Å². The molecule has 0 aliphatic carbocycles. The molecule has 0 saturated carbocycles. The summed E-state index contributed by atoms with van der Waals surface area (Å²) in [5.74, 6) is -0.359. The zero-order valence-corrected chi connectivity index (χ0v) is 12.7. The van der Waals surface area contributed by atoms with E-state index in [9.17, 15) is 14.9 Å². The van der Waals surface area contributed by atoms with E-state index in [-0.39, 0.29) is 17.5 Å². The van der Waals surface area contributed by atoms with Gasteiger partial charge >= 0.3 is 5.00 Å². The number of rotatable bonds is 6. The number of halogens is 1. The fraction of sp³-hybridized carbons (Fsp3) is 0.0769. The number of hydrogen-bond acceptors (Lipinski definition) is 6. The average Bonchev–Trinajstić information content (AvgIpc) is 2.95. The molecular formula is C13H11ClN4O3S. The maximum atomic E-state index is 11.6. The standard InChI is InChI=1S/C13H11ClN4O3S/c14-10-3-1-2-4-11(10)15-8-12(19)17-16-7-9-5-6-13(22-9)18(20)21/h1-7,15H,8H2,(H,17,19)/b16-7-. The number of carbonyl (C=O) groups is 1. The van der Waals surface area contributed by atoms with Crippen molar-refractivity contribution >= 4 is 45.7 Å². The van der Waals surface area contributed by atoms with Crippen LogP contribution in [0.15, 0.2) is 41.5 Å². The predicted molar refractivity (Wildman–Crippen MR) is 86.7 cm³/mol. The van der Waals surface area contributed by atoms with Gasteiger partial charge in [0.15, 0.2) is 0 Å². The zero-order valence-electron chi connectivity index (χ0n) is 11.2. The van der Waals surface area contributed by atoms with Crippen LogP contribution in [0.5, 0.6) is 0 Å². The Labute approximate surface area is 134 Å². The topological polar surface area (TPSA) is 96.6 Å². The predicted octanol–water partition coefficient (Wildman–Crippen LogP) is 2.87. The van der Waals surface area contributed by atoms with Crippen LogP contribution in [0.3, 0.4) is 0 Å². The molecule has 0 aliphatic heterocycles. The number of nitro groups is 1. The van der Waals surface area contributed by atoms with Gasteiger partial charge in [-0.3, -0.25) is 14.9 Å². The molecule has 1 heterocycles. The molecule has 7 nitrogen and oxygen atoms in total. The molecule has 1 aromatic carbocycles. The second-order valence-electron chi connectivity index (χ2n) is 4.06. The van der Waals surface area contributed by atoms with Crippen molar-refractivity contribution in [3.05, 3.63) is 56.4 Å². The van der Waals surface area contributed by atoms with Crippen molar-refractivity contribution in [1.82, 2.24) is 5.43 Å². The van der Waals surface area contributed by atoms with E-state index < -0.39 is 4.92 Å². The number of thiophene rings is 1. The lowest BCUT2D eigenvalue weighted by molar-refractivity contribution is -0.380. The lowest BCUT2D eigenvalue weighted by Crippen LogP contribution is -2.25. The van der Waals surface area contributed by atoms with E-state index in [0.29, 0.717) is 15.6 Å². The van der Waals surface area contributed by atoms with Crippen molar-refractivity contribution in [2.75, 3.05) is 11.9 Å². The van der Waals surface area contributed by atoms with Crippen molar-refractivity contribution in [2.24, 2.45) is 5.10 Å². The van der Waals surface area contributed by atoms with Crippen LogP contribution in [-0.4, -0.2) is 23.6 Å². The van der Waals surface area contributed by atoms with Gasteiger partial charge in [-0.15, -0.1) is 0 Å². The maximum absolute atomic E-state index is 11.6. The molecule has 22 heavy (non-hydrogen) atoms. The molecule has 2 N–H and O–H groups in total. The van der Waals surface area contributed by atoms with Gasteiger partial charge < -0.3 is 5.32 Å². The Morgan fingerprint density at radius 2 is 2.14 bits per heavy atom. The van der Waals surface area contributed by atoms with E-state index in [2.05, 4.69) is 15.8 Å². The van der Waals surface area contributed by atoms with Crippen LogP contribution in [0, 0.1) is 10.1 Å². The summed E-state index contributed by atoms with van der Waals surface area (Å²) in [6, 6.07) is 9.99. The smallest absolute Gasteiger partial charge is 0.324 e. The van der Waals surface area contributed by atoms with Gasteiger partial charge in [-0.2, -0.15) is 5.10 Å². The molecule has 114 valence electrons. The molecule has 1 amide bonds. The van der Waals surface area contributed by atoms with Gasteiger partial charge in [0.1, 0.15) is 0 Å². The van der Waals surface area contributed by atoms with Crippen LogP contribution in [-0.2, 0) is 4.79 Å². The third-order valence-electron chi connectivity index (χ3n) is 2.49. The van der Waals surface area contributed by atoms with E-state index in [4.69, 9.17) is 11.6 Å². The number of benzene rings is 1. The first kappa shape index (κ1) is 15.9. The van der Waals surface area contributed by atoms with Crippen LogP contribution >= 0.6 is 22.9 Å². The number of hydrazone groups is 1. The molecule has 0 atom stereocenters. The number of nitrogens with one attached hydrogen (secondary N) is 2. The van der Waals surface area contributed by atoms with E-state index in [1.165, 1.54) is 12.3 Å². The first-order valence-corrected chi connectivity index (χ1v) is 7.30. The summed E-state index contributed by atoms with van der Waals surface area (Å²) in [6.07, 6.45) is 1.35. The van der Waals surface area contributed by atoms with Crippen molar-refractivity contribution < 1.29 is 9.72 Å². The second-order valence-corrected chi connectivity index (χ2v) is 5.56. The Hall–Kier alpha value is -2.45. The Bertz CT molecular complexity index is 717. The molecule has 0 unspecified atom stereocenters.